The number of aryl methyl sites for hydroxylation is 1. The zero-order valence-corrected chi connectivity index (χ0v) is 16.2. The summed E-state index contributed by atoms with van der Waals surface area (Å²) >= 11 is 0. The van der Waals surface area contributed by atoms with Gasteiger partial charge in [-0.15, -0.1) is 0 Å². The summed E-state index contributed by atoms with van der Waals surface area (Å²) in [5, 5.41) is 4.84. The van der Waals surface area contributed by atoms with Crippen molar-refractivity contribution >= 4 is 22.7 Å². The normalized spacial score (nSPS) is 14.9. The van der Waals surface area contributed by atoms with Gasteiger partial charge in [0.25, 0.3) is 11.6 Å². The molecular formula is C21H24N4O3. The summed E-state index contributed by atoms with van der Waals surface area (Å²) in [5.74, 6) is 0.854. The Hall–Kier alpha value is -3.09. The maximum atomic E-state index is 13.0. The third-order valence-corrected chi connectivity index (χ3v) is 5.21. The van der Waals surface area contributed by atoms with Crippen molar-refractivity contribution in [1.82, 2.24) is 15.0 Å². The minimum atomic E-state index is 0.00855. The Kier molecular flexibility index (Phi) is 5.14. The molecule has 0 radical (unpaired) electrons. The number of aromatic nitrogens is 2. The first-order chi connectivity index (χ1) is 13.7. The summed E-state index contributed by atoms with van der Waals surface area (Å²) in [5.41, 5.74) is 3.05. The summed E-state index contributed by atoms with van der Waals surface area (Å²) in [6.45, 7) is 5.12. The number of benzene rings is 1. The molecule has 0 saturated carbocycles. The number of hydrogen-bond donors (Lipinski definition) is 0. The number of pyridine rings is 1. The largest absolute Gasteiger partial charge is 0.497 e. The summed E-state index contributed by atoms with van der Waals surface area (Å²) in [6, 6.07) is 9.91. The maximum absolute atomic E-state index is 13.0. The number of carbonyl (C=O) groups excluding carboxylic acids is 1. The van der Waals surface area contributed by atoms with Gasteiger partial charge in [-0.1, -0.05) is 12.1 Å². The molecule has 0 spiro atoms. The van der Waals surface area contributed by atoms with Crippen LogP contribution in [0, 0.1) is 0 Å². The van der Waals surface area contributed by atoms with Crippen LogP contribution in [0.25, 0.3) is 11.1 Å². The standard InChI is InChI=1S/C21H24N4O3/c1-3-19-18-13-15(14-22-20(18)28-23-19)21(26)25-10-4-9-24(11-12-25)16-5-7-17(27-2)8-6-16/h5-8,13-14H,3-4,9-12H2,1-2H3. The molecule has 0 atom stereocenters. The number of anilines is 1. The fraction of sp³-hybridized carbons (Fsp3) is 0.381. The average Bonchev–Trinajstić information content (AvgIpc) is 3.00. The van der Waals surface area contributed by atoms with Crippen molar-refractivity contribution in [2.75, 3.05) is 38.2 Å². The SMILES string of the molecule is CCc1noc2ncc(C(=O)N3CCCN(c4ccc(OC)cc4)CC3)cc12. The highest BCUT2D eigenvalue weighted by Crippen LogP contribution is 2.22. The molecule has 4 rings (SSSR count). The van der Waals surface area contributed by atoms with Gasteiger partial charge in [0.05, 0.1) is 23.8 Å². The van der Waals surface area contributed by atoms with Crippen LogP contribution in [0.4, 0.5) is 5.69 Å². The molecule has 28 heavy (non-hydrogen) atoms. The molecule has 1 aliphatic heterocycles. The molecule has 2 aromatic heterocycles. The van der Waals surface area contributed by atoms with Gasteiger partial charge in [-0.05, 0) is 43.2 Å². The number of hydrogen-bond acceptors (Lipinski definition) is 6. The molecule has 3 heterocycles. The Bertz CT molecular complexity index is 967. The third-order valence-electron chi connectivity index (χ3n) is 5.21. The van der Waals surface area contributed by atoms with Crippen LogP contribution >= 0.6 is 0 Å². The van der Waals surface area contributed by atoms with E-state index in [1.54, 1.807) is 13.3 Å². The molecule has 7 heteroatoms. The first kappa shape index (κ1) is 18.3. The molecule has 0 unspecified atom stereocenters. The van der Waals surface area contributed by atoms with Crippen molar-refractivity contribution in [2.24, 2.45) is 0 Å². The average molecular weight is 380 g/mol. The molecule has 1 amide bonds. The van der Waals surface area contributed by atoms with Crippen molar-refractivity contribution in [1.29, 1.82) is 0 Å². The lowest BCUT2D eigenvalue weighted by molar-refractivity contribution is 0.0767. The van der Waals surface area contributed by atoms with E-state index >= 15 is 0 Å². The topological polar surface area (TPSA) is 71.7 Å². The highest BCUT2D eigenvalue weighted by molar-refractivity contribution is 5.97. The molecule has 3 aromatic rings. The molecule has 0 bridgehead atoms. The Balaban J connectivity index is 1.48. The first-order valence-electron chi connectivity index (χ1n) is 9.62. The van der Waals surface area contributed by atoms with Crippen LogP contribution in [0.1, 0.15) is 29.4 Å². The van der Waals surface area contributed by atoms with E-state index in [2.05, 4.69) is 27.2 Å². The summed E-state index contributed by atoms with van der Waals surface area (Å²) in [6.07, 6.45) is 3.25. The number of ether oxygens (including phenoxy) is 1. The van der Waals surface area contributed by atoms with Gasteiger partial charge in [0.1, 0.15) is 5.75 Å². The Morgan fingerprint density at radius 3 is 2.75 bits per heavy atom. The molecule has 7 nitrogen and oxygen atoms in total. The zero-order valence-electron chi connectivity index (χ0n) is 16.2. The zero-order chi connectivity index (χ0) is 19.5. The summed E-state index contributed by atoms with van der Waals surface area (Å²) in [7, 11) is 1.67. The number of carbonyl (C=O) groups is 1. The molecule has 146 valence electrons. The molecule has 1 fully saturated rings. The molecule has 0 aliphatic carbocycles. The van der Waals surface area contributed by atoms with E-state index in [1.807, 2.05) is 30.0 Å². The van der Waals surface area contributed by atoms with E-state index in [0.717, 1.165) is 55.0 Å². The number of rotatable bonds is 4. The predicted molar refractivity (Wildman–Crippen MR) is 107 cm³/mol. The van der Waals surface area contributed by atoms with E-state index in [-0.39, 0.29) is 5.91 Å². The lowest BCUT2D eigenvalue weighted by Crippen LogP contribution is -2.35. The Morgan fingerprint density at radius 2 is 2.00 bits per heavy atom. The maximum Gasteiger partial charge on any atom is 0.257 e. The van der Waals surface area contributed by atoms with Crippen molar-refractivity contribution in [2.45, 2.75) is 19.8 Å². The summed E-state index contributed by atoms with van der Waals surface area (Å²) < 4.78 is 10.4. The molecule has 0 N–H and O–H groups in total. The lowest BCUT2D eigenvalue weighted by atomic mass is 10.1. The quantitative estimate of drug-likeness (QED) is 0.692. The van der Waals surface area contributed by atoms with Crippen molar-refractivity contribution in [3.8, 4) is 5.75 Å². The van der Waals surface area contributed by atoms with Gasteiger partial charge < -0.3 is 19.1 Å². The highest BCUT2D eigenvalue weighted by Gasteiger charge is 2.22. The van der Waals surface area contributed by atoms with Crippen LogP contribution in [0.5, 0.6) is 5.75 Å². The van der Waals surface area contributed by atoms with Crippen LogP contribution in [0.2, 0.25) is 0 Å². The van der Waals surface area contributed by atoms with Gasteiger partial charge >= 0.3 is 0 Å². The number of amides is 1. The monoisotopic (exact) mass is 380 g/mol. The van der Waals surface area contributed by atoms with E-state index in [0.29, 0.717) is 17.8 Å². The van der Waals surface area contributed by atoms with Crippen molar-refractivity contribution in [3.05, 3.63) is 47.8 Å². The second kappa shape index (κ2) is 7.88. The van der Waals surface area contributed by atoms with Crippen LogP contribution in [0.15, 0.2) is 41.1 Å². The fourth-order valence-electron chi connectivity index (χ4n) is 3.61. The third kappa shape index (κ3) is 3.52. The van der Waals surface area contributed by atoms with Gasteiger partial charge in [0.2, 0.25) is 0 Å². The minimum Gasteiger partial charge on any atom is -0.497 e. The lowest BCUT2D eigenvalue weighted by Gasteiger charge is -2.24. The highest BCUT2D eigenvalue weighted by atomic mass is 16.5. The second-order valence-electron chi connectivity index (χ2n) is 6.89. The predicted octanol–water partition coefficient (Wildman–Crippen LogP) is 3.15. The fourth-order valence-corrected chi connectivity index (χ4v) is 3.61. The van der Waals surface area contributed by atoms with E-state index in [9.17, 15) is 4.79 Å². The van der Waals surface area contributed by atoms with Gasteiger partial charge in [0.15, 0.2) is 0 Å². The van der Waals surface area contributed by atoms with Gasteiger partial charge in [0, 0.05) is 38.1 Å². The van der Waals surface area contributed by atoms with Crippen molar-refractivity contribution in [3.63, 3.8) is 0 Å². The second-order valence-corrected chi connectivity index (χ2v) is 6.89. The summed E-state index contributed by atoms with van der Waals surface area (Å²) in [4.78, 5) is 21.5. The van der Waals surface area contributed by atoms with E-state index in [4.69, 9.17) is 9.26 Å². The Morgan fingerprint density at radius 1 is 1.18 bits per heavy atom. The van der Waals surface area contributed by atoms with Crippen LogP contribution < -0.4 is 9.64 Å². The van der Waals surface area contributed by atoms with E-state index < -0.39 is 0 Å². The van der Waals surface area contributed by atoms with Gasteiger partial charge in [-0.3, -0.25) is 4.79 Å². The van der Waals surface area contributed by atoms with Crippen molar-refractivity contribution < 1.29 is 14.1 Å². The van der Waals surface area contributed by atoms with Gasteiger partial charge in [-0.2, -0.15) is 0 Å². The van der Waals surface area contributed by atoms with Crippen LogP contribution in [-0.4, -0.2) is 54.2 Å². The number of nitrogens with zero attached hydrogens (tertiary/aromatic N) is 4. The molecule has 1 aliphatic rings. The Labute approximate surface area is 163 Å². The molecule has 1 aromatic carbocycles. The van der Waals surface area contributed by atoms with Crippen LogP contribution in [0.3, 0.4) is 0 Å². The number of fused-ring (bicyclic) bond motifs is 1. The number of methoxy groups -OCH3 is 1. The smallest absolute Gasteiger partial charge is 0.257 e. The van der Waals surface area contributed by atoms with E-state index in [1.165, 1.54) is 0 Å². The molecule has 1 saturated heterocycles. The van der Waals surface area contributed by atoms with Crippen LogP contribution in [-0.2, 0) is 6.42 Å². The molecular weight excluding hydrogens is 356 g/mol. The first-order valence-corrected chi connectivity index (χ1v) is 9.62. The van der Waals surface area contributed by atoms with Gasteiger partial charge in [-0.25, -0.2) is 4.98 Å². The minimum absolute atomic E-state index is 0.00855.